The van der Waals surface area contributed by atoms with Crippen LogP contribution >= 0.6 is 0 Å². The predicted molar refractivity (Wildman–Crippen MR) is 56.6 cm³/mol. The lowest BCUT2D eigenvalue weighted by Crippen LogP contribution is -2.19. The number of pyridine rings is 1. The summed E-state index contributed by atoms with van der Waals surface area (Å²) in [6.45, 7) is 4.46. The topological polar surface area (TPSA) is 39.2 Å². The Morgan fingerprint density at radius 1 is 1.33 bits per heavy atom. The molecular weight excluding hydrogens is 190 g/mol. The van der Waals surface area contributed by atoms with Crippen molar-refractivity contribution < 1.29 is 9.53 Å². The lowest BCUT2D eigenvalue weighted by molar-refractivity contribution is -0.128. The summed E-state index contributed by atoms with van der Waals surface area (Å²) in [7, 11) is 0. The number of Topliss-reactive ketones (excluding diaryl/α,β-unsaturated/α-hetero) is 1. The van der Waals surface area contributed by atoms with Crippen LogP contribution in [0.25, 0.3) is 0 Å². The van der Waals surface area contributed by atoms with Crippen molar-refractivity contribution in [2.24, 2.45) is 0 Å². The van der Waals surface area contributed by atoms with Crippen LogP contribution in [0.15, 0.2) is 12.1 Å². The van der Waals surface area contributed by atoms with Crippen LogP contribution in [0.3, 0.4) is 0 Å². The second kappa shape index (κ2) is 4.11. The van der Waals surface area contributed by atoms with Crippen LogP contribution < -0.4 is 0 Å². The normalized spacial score (nSPS) is 21.7. The number of ether oxygens (including phenoxy) is 1. The average molecular weight is 205 g/mol. The fourth-order valence-electron chi connectivity index (χ4n) is 1.95. The first-order valence-corrected chi connectivity index (χ1v) is 5.23. The Morgan fingerprint density at radius 2 is 2.00 bits per heavy atom. The number of carbonyl (C=O) groups is 1. The molecule has 1 aliphatic rings. The number of nitrogens with zero attached hydrogens (tertiary/aromatic N) is 1. The van der Waals surface area contributed by atoms with Gasteiger partial charge in [-0.2, -0.15) is 0 Å². The van der Waals surface area contributed by atoms with Crippen molar-refractivity contribution >= 4 is 5.78 Å². The molecular formula is C12H15NO2. The maximum absolute atomic E-state index is 11.3. The summed E-state index contributed by atoms with van der Waals surface area (Å²) < 4.78 is 5.60. The molecule has 1 aliphatic heterocycles. The van der Waals surface area contributed by atoms with Crippen LogP contribution in [0.1, 0.15) is 35.9 Å². The molecule has 3 nitrogen and oxygen atoms in total. The molecule has 1 atom stereocenters. The number of rotatable bonds is 1. The van der Waals surface area contributed by atoms with Gasteiger partial charge < -0.3 is 4.74 Å². The van der Waals surface area contributed by atoms with Gasteiger partial charge in [-0.3, -0.25) is 9.78 Å². The minimum atomic E-state index is -0.0633. The summed E-state index contributed by atoms with van der Waals surface area (Å²) in [5.74, 6) is 0.290. The van der Waals surface area contributed by atoms with Gasteiger partial charge in [-0.05, 0) is 31.5 Å². The molecule has 0 N–H and O–H groups in total. The standard InChI is InChI=1S/C12H15NO2/c1-8-5-10(6-9(2)13-8)12-7-11(14)3-4-15-12/h5-6,12H,3-4,7H2,1-2H3. The van der Waals surface area contributed by atoms with Crippen molar-refractivity contribution in [3.8, 4) is 0 Å². The van der Waals surface area contributed by atoms with Gasteiger partial charge in [0, 0.05) is 24.2 Å². The van der Waals surface area contributed by atoms with Crippen molar-refractivity contribution in [2.75, 3.05) is 6.61 Å². The number of ketones is 1. The fourth-order valence-corrected chi connectivity index (χ4v) is 1.95. The Hall–Kier alpha value is -1.22. The van der Waals surface area contributed by atoms with Crippen LogP contribution in [0, 0.1) is 13.8 Å². The molecule has 1 fully saturated rings. The van der Waals surface area contributed by atoms with Gasteiger partial charge >= 0.3 is 0 Å². The first kappa shape index (κ1) is 10.3. The molecule has 80 valence electrons. The number of hydrogen-bond acceptors (Lipinski definition) is 3. The van der Waals surface area contributed by atoms with E-state index in [2.05, 4.69) is 4.98 Å². The molecule has 0 bridgehead atoms. The largest absolute Gasteiger partial charge is 0.373 e. The molecule has 0 amide bonds. The van der Waals surface area contributed by atoms with Crippen molar-refractivity contribution in [3.05, 3.63) is 29.1 Å². The first-order chi connectivity index (χ1) is 7.15. The average Bonchev–Trinajstić information content (AvgIpc) is 2.16. The van der Waals surface area contributed by atoms with Crippen molar-refractivity contribution in [1.29, 1.82) is 0 Å². The van der Waals surface area contributed by atoms with Gasteiger partial charge in [0.05, 0.1) is 12.7 Å². The summed E-state index contributed by atoms with van der Waals surface area (Å²) in [4.78, 5) is 15.6. The lowest BCUT2D eigenvalue weighted by atomic mass is 10.00. The van der Waals surface area contributed by atoms with E-state index in [1.54, 1.807) is 0 Å². The highest BCUT2D eigenvalue weighted by atomic mass is 16.5. The highest BCUT2D eigenvalue weighted by Crippen LogP contribution is 2.26. The third-order valence-corrected chi connectivity index (χ3v) is 2.59. The van der Waals surface area contributed by atoms with E-state index >= 15 is 0 Å². The number of hydrogen-bond donors (Lipinski definition) is 0. The van der Waals surface area contributed by atoms with E-state index in [4.69, 9.17) is 4.74 Å². The van der Waals surface area contributed by atoms with E-state index in [9.17, 15) is 4.79 Å². The second-order valence-electron chi connectivity index (χ2n) is 4.04. The molecule has 0 aromatic carbocycles. The maximum atomic E-state index is 11.3. The summed E-state index contributed by atoms with van der Waals surface area (Å²) in [6, 6.07) is 3.99. The molecule has 1 unspecified atom stereocenters. The molecule has 3 heteroatoms. The van der Waals surface area contributed by atoms with Crippen LogP contribution in [-0.4, -0.2) is 17.4 Å². The molecule has 0 radical (unpaired) electrons. The van der Waals surface area contributed by atoms with Gasteiger partial charge in [0.2, 0.25) is 0 Å². The van der Waals surface area contributed by atoms with Gasteiger partial charge in [0.15, 0.2) is 0 Å². The Kier molecular flexibility index (Phi) is 2.82. The van der Waals surface area contributed by atoms with Crippen LogP contribution in [0.2, 0.25) is 0 Å². The van der Waals surface area contributed by atoms with Gasteiger partial charge in [-0.15, -0.1) is 0 Å². The van der Waals surface area contributed by atoms with E-state index in [0.717, 1.165) is 17.0 Å². The van der Waals surface area contributed by atoms with Gasteiger partial charge in [0.1, 0.15) is 5.78 Å². The SMILES string of the molecule is Cc1cc(C2CC(=O)CCO2)cc(C)n1. The molecule has 15 heavy (non-hydrogen) atoms. The molecule has 1 aromatic heterocycles. The van der Waals surface area contributed by atoms with E-state index in [0.29, 0.717) is 25.2 Å². The highest BCUT2D eigenvalue weighted by molar-refractivity contribution is 5.79. The first-order valence-electron chi connectivity index (χ1n) is 5.23. The minimum absolute atomic E-state index is 0.0633. The van der Waals surface area contributed by atoms with Crippen molar-refractivity contribution in [3.63, 3.8) is 0 Å². The van der Waals surface area contributed by atoms with E-state index in [1.807, 2.05) is 26.0 Å². The monoisotopic (exact) mass is 205 g/mol. The van der Waals surface area contributed by atoms with Crippen LogP contribution in [0.5, 0.6) is 0 Å². The molecule has 0 saturated carbocycles. The quantitative estimate of drug-likeness (QED) is 0.705. The van der Waals surface area contributed by atoms with E-state index in [1.165, 1.54) is 0 Å². The summed E-state index contributed by atoms with van der Waals surface area (Å²) in [6.07, 6.45) is 0.995. The predicted octanol–water partition coefficient (Wildman–Crippen LogP) is 2.12. The highest BCUT2D eigenvalue weighted by Gasteiger charge is 2.21. The summed E-state index contributed by atoms with van der Waals surface area (Å²) >= 11 is 0. The number of carbonyl (C=O) groups excluding carboxylic acids is 1. The molecule has 0 spiro atoms. The van der Waals surface area contributed by atoms with E-state index < -0.39 is 0 Å². The van der Waals surface area contributed by atoms with Gasteiger partial charge in [0.25, 0.3) is 0 Å². The minimum Gasteiger partial charge on any atom is -0.373 e. The lowest BCUT2D eigenvalue weighted by Gasteiger charge is -2.22. The molecule has 2 rings (SSSR count). The van der Waals surface area contributed by atoms with Gasteiger partial charge in [-0.1, -0.05) is 0 Å². The smallest absolute Gasteiger partial charge is 0.138 e. The summed E-state index contributed by atoms with van der Waals surface area (Å²) in [5, 5.41) is 0. The Labute approximate surface area is 89.5 Å². The Morgan fingerprint density at radius 3 is 2.60 bits per heavy atom. The maximum Gasteiger partial charge on any atom is 0.138 e. The second-order valence-corrected chi connectivity index (χ2v) is 4.04. The van der Waals surface area contributed by atoms with E-state index in [-0.39, 0.29) is 6.10 Å². The molecule has 2 heterocycles. The summed E-state index contributed by atoms with van der Waals surface area (Å²) in [5.41, 5.74) is 3.03. The number of aryl methyl sites for hydroxylation is 2. The number of aromatic nitrogens is 1. The molecule has 0 aliphatic carbocycles. The van der Waals surface area contributed by atoms with Gasteiger partial charge in [-0.25, -0.2) is 0 Å². The fraction of sp³-hybridized carbons (Fsp3) is 0.500. The molecule has 1 saturated heterocycles. The zero-order valence-electron chi connectivity index (χ0n) is 9.12. The Balaban J connectivity index is 2.24. The Bertz CT molecular complexity index is 367. The van der Waals surface area contributed by atoms with Crippen molar-refractivity contribution in [1.82, 2.24) is 4.98 Å². The zero-order chi connectivity index (χ0) is 10.8. The van der Waals surface area contributed by atoms with Crippen LogP contribution in [0.4, 0.5) is 0 Å². The zero-order valence-corrected chi connectivity index (χ0v) is 9.12. The third-order valence-electron chi connectivity index (χ3n) is 2.59. The van der Waals surface area contributed by atoms with Crippen molar-refractivity contribution in [2.45, 2.75) is 32.8 Å². The van der Waals surface area contributed by atoms with Crippen LogP contribution in [-0.2, 0) is 9.53 Å². The third kappa shape index (κ3) is 2.42. The molecule has 1 aromatic rings.